The molecule has 0 amide bonds. The van der Waals surface area contributed by atoms with Gasteiger partial charge in [0.2, 0.25) is 0 Å². The molecule has 3 aromatic rings. The van der Waals surface area contributed by atoms with E-state index in [1.54, 1.807) is 18.2 Å². The first-order valence-electron chi connectivity index (χ1n) is 8.74. The van der Waals surface area contributed by atoms with Crippen LogP contribution >= 0.6 is 0 Å². The lowest BCUT2D eigenvalue weighted by atomic mass is 10.2. The average Bonchev–Trinajstić information content (AvgIpc) is 2.72. The first-order valence-corrected chi connectivity index (χ1v) is 8.74. The number of ether oxygens (including phenoxy) is 1. The van der Waals surface area contributed by atoms with E-state index in [4.69, 9.17) is 9.84 Å². The number of nitrogens with one attached hydrogen (secondary N) is 2. The molecule has 0 aliphatic rings. The smallest absolute Gasteiger partial charge is 0.335 e. The lowest BCUT2D eigenvalue weighted by Crippen LogP contribution is -2.21. The summed E-state index contributed by atoms with van der Waals surface area (Å²) < 4.78 is 5.68. The fourth-order valence-corrected chi connectivity index (χ4v) is 2.54. The molecule has 0 aliphatic heterocycles. The van der Waals surface area contributed by atoms with Crippen LogP contribution in [0, 0.1) is 0 Å². The maximum absolute atomic E-state index is 12.2. The molecule has 0 aliphatic carbocycles. The van der Waals surface area contributed by atoms with E-state index in [9.17, 15) is 9.59 Å². The van der Waals surface area contributed by atoms with Gasteiger partial charge in [-0.1, -0.05) is 36.4 Å². The van der Waals surface area contributed by atoms with Gasteiger partial charge in [0.1, 0.15) is 12.4 Å². The predicted octanol–water partition coefficient (Wildman–Crippen LogP) is 4.19. The standard InChI is InChI=1S/C22H20N2O4/c25-19(14-23-18-10-6-7-16(13-18)22(26)27)15-28-21-12-5-4-11-20(21)24-17-8-2-1-3-9-17/h1-13,23-24H,14-15H2,(H,26,27). The van der Waals surface area contributed by atoms with Gasteiger partial charge in [-0.3, -0.25) is 4.79 Å². The summed E-state index contributed by atoms with van der Waals surface area (Å²) >= 11 is 0. The van der Waals surface area contributed by atoms with Gasteiger partial charge in [0.25, 0.3) is 0 Å². The van der Waals surface area contributed by atoms with Gasteiger partial charge in [-0.25, -0.2) is 4.79 Å². The second-order valence-corrected chi connectivity index (χ2v) is 6.05. The largest absolute Gasteiger partial charge is 0.484 e. The maximum atomic E-state index is 12.2. The zero-order valence-electron chi connectivity index (χ0n) is 15.1. The van der Waals surface area contributed by atoms with Gasteiger partial charge in [0.15, 0.2) is 5.78 Å². The number of hydrogen-bond acceptors (Lipinski definition) is 5. The van der Waals surface area contributed by atoms with Crippen LogP contribution in [-0.4, -0.2) is 30.0 Å². The van der Waals surface area contributed by atoms with Crippen LogP contribution in [0.5, 0.6) is 5.75 Å². The van der Waals surface area contributed by atoms with Gasteiger partial charge in [-0.2, -0.15) is 0 Å². The maximum Gasteiger partial charge on any atom is 0.335 e. The van der Waals surface area contributed by atoms with Crippen LogP contribution in [0.25, 0.3) is 0 Å². The molecular formula is C22H20N2O4. The van der Waals surface area contributed by atoms with Gasteiger partial charge in [0, 0.05) is 11.4 Å². The highest BCUT2D eigenvalue weighted by Gasteiger charge is 2.08. The molecule has 6 nitrogen and oxygen atoms in total. The summed E-state index contributed by atoms with van der Waals surface area (Å²) in [7, 11) is 0. The molecule has 6 heteroatoms. The van der Waals surface area contributed by atoms with E-state index in [-0.39, 0.29) is 24.5 Å². The molecule has 3 rings (SSSR count). The Hall–Kier alpha value is -3.80. The summed E-state index contributed by atoms with van der Waals surface area (Å²) in [6, 6.07) is 23.4. The Morgan fingerprint density at radius 3 is 2.36 bits per heavy atom. The van der Waals surface area contributed by atoms with Crippen molar-refractivity contribution in [3.05, 3.63) is 84.4 Å². The van der Waals surface area contributed by atoms with Gasteiger partial charge >= 0.3 is 5.97 Å². The van der Waals surface area contributed by atoms with Crippen LogP contribution in [0.3, 0.4) is 0 Å². The molecule has 0 saturated carbocycles. The average molecular weight is 376 g/mol. The third-order valence-corrected chi connectivity index (χ3v) is 3.93. The van der Waals surface area contributed by atoms with Crippen molar-refractivity contribution in [1.29, 1.82) is 0 Å². The Kier molecular flexibility index (Phi) is 6.25. The number of Topliss-reactive ketones (excluding diaryl/α,β-unsaturated/α-hetero) is 1. The second kappa shape index (κ2) is 9.23. The van der Waals surface area contributed by atoms with Crippen LogP contribution in [-0.2, 0) is 4.79 Å². The Balaban J connectivity index is 1.55. The van der Waals surface area contributed by atoms with E-state index in [1.165, 1.54) is 12.1 Å². The van der Waals surface area contributed by atoms with Crippen LogP contribution in [0.2, 0.25) is 0 Å². The lowest BCUT2D eigenvalue weighted by Gasteiger charge is -2.13. The summed E-state index contributed by atoms with van der Waals surface area (Å²) in [5.74, 6) is -0.594. The zero-order chi connectivity index (χ0) is 19.8. The molecule has 3 aromatic carbocycles. The fraction of sp³-hybridized carbons (Fsp3) is 0.0909. The van der Waals surface area contributed by atoms with Gasteiger partial charge in [0.05, 0.1) is 17.8 Å². The number of aromatic carboxylic acids is 1. The normalized spacial score (nSPS) is 10.1. The minimum absolute atomic E-state index is 0.0390. The van der Waals surface area contributed by atoms with Crippen LogP contribution in [0.15, 0.2) is 78.9 Å². The molecule has 0 heterocycles. The summed E-state index contributed by atoms with van der Waals surface area (Å²) in [6.07, 6.45) is 0. The summed E-state index contributed by atoms with van der Waals surface area (Å²) in [5.41, 5.74) is 2.42. The molecule has 0 radical (unpaired) electrons. The van der Waals surface area contributed by atoms with Crippen molar-refractivity contribution in [1.82, 2.24) is 0 Å². The Morgan fingerprint density at radius 1 is 0.857 bits per heavy atom. The van der Waals surface area contributed by atoms with E-state index in [0.29, 0.717) is 11.4 Å². The number of rotatable bonds is 9. The van der Waals surface area contributed by atoms with E-state index >= 15 is 0 Å². The van der Waals surface area contributed by atoms with Gasteiger partial charge in [-0.05, 0) is 42.5 Å². The number of benzene rings is 3. The van der Waals surface area contributed by atoms with Crippen LogP contribution in [0.4, 0.5) is 17.1 Å². The SMILES string of the molecule is O=C(CNc1cccc(C(=O)O)c1)COc1ccccc1Nc1ccccc1. The van der Waals surface area contributed by atoms with Crippen molar-refractivity contribution >= 4 is 28.8 Å². The molecule has 142 valence electrons. The van der Waals surface area contributed by atoms with Crippen molar-refractivity contribution in [3.8, 4) is 5.75 Å². The number of carbonyl (C=O) groups is 2. The molecule has 0 saturated heterocycles. The van der Waals surface area contributed by atoms with Crippen molar-refractivity contribution in [2.75, 3.05) is 23.8 Å². The molecule has 3 N–H and O–H groups in total. The molecule has 0 unspecified atom stereocenters. The lowest BCUT2D eigenvalue weighted by molar-refractivity contribution is -0.119. The highest BCUT2D eigenvalue weighted by atomic mass is 16.5. The zero-order valence-corrected chi connectivity index (χ0v) is 15.1. The van der Waals surface area contributed by atoms with Crippen molar-refractivity contribution in [3.63, 3.8) is 0 Å². The van der Waals surface area contributed by atoms with Crippen LogP contribution < -0.4 is 15.4 Å². The van der Waals surface area contributed by atoms with Crippen molar-refractivity contribution in [2.24, 2.45) is 0 Å². The second-order valence-electron chi connectivity index (χ2n) is 6.05. The Morgan fingerprint density at radius 2 is 1.57 bits per heavy atom. The minimum atomic E-state index is -1.01. The summed E-state index contributed by atoms with van der Waals surface area (Å²) in [4.78, 5) is 23.1. The topological polar surface area (TPSA) is 87.7 Å². The highest BCUT2D eigenvalue weighted by Crippen LogP contribution is 2.27. The Bertz CT molecular complexity index is 958. The van der Waals surface area contributed by atoms with Gasteiger partial charge < -0.3 is 20.5 Å². The molecule has 28 heavy (non-hydrogen) atoms. The number of anilines is 3. The van der Waals surface area contributed by atoms with E-state index in [0.717, 1.165) is 11.4 Å². The van der Waals surface area contributed by atoms with Crippen molar-refractivity contribution < 1.29 is 19.4 Å². The molecule has 0 aromatic heterocycles. The molecule has 0 spiro atoms. The van der Waals surface area contributed by atoms with E-state index in [2.05, 4.69) is 10.6 Å². The molecule has 0 fully saturated rings. The molecule has 0 atom stereocenters. The third kappa shape index (κ3) is 5.35. The van der Waals surface area contributed by atoms with Crippen LogP contribution in [0.1, 0.15) is 10.4 Å². The first-order chi connectivity index (χ1) is 13.6. The van der Waals surface area contributed by atoms with Crippen molar-refractivity contribution in [2.45, 2.75) is 0 Å². The quantitative estimate of drug-likeness (QED) is 0.519. The molecular weight excluding hydrogens is 356 g/mol. The predicted molar refractivity (Wildman–Crippen MR) is 109 cm³/mol. The summed E-state index contributed by atoms with van der Waals surface area (Å²) in [6.45, 7) is -0.0591. The fourth-order valence-electron chi connectivity index (χ4n) is 2.54. The number of carbonyl (C=O) groups excluding carboxylic acids is 1. The number of hydrogen-bond donors (Lipinski definition) is 3. The molecule has 0 bridgehead atoms. The number of para-hydroxylation sites is 3. The van der Waals surface area contributed by atoms with Gasteiger partial charge in [-0.15, -0.1) is 0 Å². The number of carboxylic acids is 1. The minimum Gasteiger partial charge on any atom is -0.484 e. The Labute approximate surface area is 162 Å². The summed E-state index contributed by atoms with van der Waals surface area (Å²) in [5, 5.41) is 15.2. The van der Waals surface area contributed by atoms with E-state index < -0.39 is 5.97 Å². The highest BCUT2D eigenvalue weighted by molar-refractivity contribution is 5.89. The number of carboxylic acid groups (broad SMARTS) is 1. The van der Waals surface area contributed by atoms with E-state index in [1.807, 2.05) is 48.5 Å². The third-order valence-electron chi connectivity index (χ3n) is 3.93. The first kappa shape index (κ1) is 19.0. The monoisotopic (exact) mass is 376 g/mol. The number of ketones is 1.